The number of carbonyl (C=O) groups excluding carboxylic acids is 3. The Morgan fingerprint density at radius 1 is 0.980 bits per heavy atom. The van der Waals surface area contributed by atoms with Crippen molar-refractivity contribution in [3.63, 3.8) is 0 Å². The number of aldehydes is 1. The Morgan fingerprint density at radius 3 is 2.20 bits per heavy atom. The SMILES string of the molecule is CC=C(C)C(=O)O[C@H]1[C@H](OC(=O)[C@H](C)CC)[C@]2(CO)[C@H](O)[C@H](O)[C@]3(C)C(=CC[C@@H]4[C@@]5(C)CC[C@H](O)[C@@](C)(C=O)[C@@H]5CC[C@]43C)[C@@H]2CC1(C)C. The summed E-state index contributed by atoms with van der Waals surface area (Å²) in [5.74, 6) is -2.03. The molecule has 9 heteroatoms. The van der Waals surface area contributed by atoms with Gasteiger partial charge >= 0.3 is 11.9 Å². The second-order valence-corrected chi connectivity index (χ2v) is 18.1. The maximum absolute atomic E-state index is 13.6. The Balaban J connectivity index is 1.68. The van der Waals surface area contributed by atoms with Crippen molar-refractivity contribution in [3.05, 3.63) is 23.3 Å². The number of esters is 2. The average molecular weight is 687 g/mol. The molecule has 4 saturated carbocycles. The molecule has 276 valence electrons. The predicted molar refractivity (Wildman–Crippen MR) is 185 cm³/mol. The van der Waals surface area contributed by atoms with Gasteiger partial charge < -0.3 is 34.7 Å². The van der Waals surface area contributed by atoms with Crippen LogP contribution in [0.2, 0.25) is 0 Å². The molecule has 4 fully saturated rings. The van der Waals surface area contributed by atoms with Crippen molar-refractivity contribution in [2.24, 2.45) is 56.2 Å². The van der Waals surface area contributed by atoms with E-state index in [1.807, 2.05) is 27.7 Å². The van der Waals surface area contributed by atoms with E-state index in [-0.39, 0.29) is 17.3 Å². The van der Waals surface area contributed by atoms with E-state index < -0.39 is 88.0 Å². The van der Waals surface area contributed by atoms with E-state index in [1.54, 1.807) is 26.8 Å². The van der Waals surface area contributed by atoms with Crippen molar-refractivity contribution >= 4 is 18.2 Å². The van der Waals surface area contributed by atoms with Gasteiger partial charge in [-0.05, 0) is 87.4 Å². The Bertz CT molecular complexity index is 1400. The number of fused-ring (bicyclic) bond motifs is 7. The van der Waals surface area contributed by atoms with E-state index >= 15 is 0 Å². The third-order valence-corrected chi connectivity index (χ3v) is 15.6. The molecule has 0 aliphatic heterocycles. The summed E-state index contributed by atoms with van der Waals surface area (Å²) >= 11 is 0. The summed E-state index contributed by atoms with van der Waals surface area (Å²) in [6.07, 6.45) is 3.26. The molecule has 49 heavy (non-hydrogen) atoms. The topological polar surface area (TPSA) is 151 Å². The molecule has 5 rings (SSSR count). The molecule has 5 aliphatic carbocycles. The van der Waals surface area contributed by atoms with Crippen LogP contribution in [0.4, 0.5) is 0 Å². The molecular formula is C40H62O9. The number of aliphatic hydroxyl groups is 4. The number of ether oxygens (including phenoxy) is 2. The first-order valence-corrected chi connectivity index (χ1v) is 18.6. The number of hydrogen-bond donors (Lipinski definition) is 4. The van der Waals surface area contributed by atoms with Crippen LogP contribution in [-0.4, -0.2) is 75.8 Å². The van der Waals surface area contributed by atoms with E-state index in [1.165, 1.54) is 0 Å². The lowest BCUT2D eigenvalue weighted by Crippen LogP contribution is -2.76. The van der Waals surface area contributed by atoms with Crippen LogP contribution in [0.15, 0.2) is 23.3 Å². The van der Waals surface area contributed by atoms with E-state index in [0.717, 1.165) is 18.3 Å². The van der Waals surface area contributed by atoms with Gasteiger partial charge in [-0.2, -0.15) is 0 Å². The van der Waals surface area contributed by atoms with E-state index in [4.69, 9.17) is 9.47 Å². The molecule has 0 bridgehead atoms. The van der Waals surface area contributed by atoms with E-state index in [2.05, 4.69) is 26.8 Å². The van der Waals surface area contributed by atoms with Crippen LogP contribution in [0.3, 0.4) is 0 Å². The molecule has 0 spiro atoms. The minimum atomic E-state index is -1.55. The van der Waals surface area contributed by atoms with Gasteiger partial charge in [0.1, 0.15) is 12.4 Å². The van der Waals surface area contributed by atoms with Crippen LogP contribution in [0.25, 0.3) is 0 Å². The third-order valence-electron chi connectivity index (χ3n) is 15.6. The molecule has 0 aromatic carbocycles. The van der Waals surface area contributed by atoms with Crippen molar-refractivity contribution in [2.75, 3.05) is 6.61 Å². The lowest BCUT2D eigenvalue weighted by Gasteiger charge is -2.73. The molecule has 0 radical (unpaired) electrons. The van der Waals surface area contributed by atoms with Crippen LogP contribution >= 0.6 is 0 Å². The van der Waals surface area contributed by atoms with Crippen LogP contribution < -0.4 is 0 Å². The second kappa shape index (κ2) is 12.6. The maximum atomic E-state index is 13.6. The average Bonchev–Trinajstić information content (AvgIpc) is 3.06. The smallest absolute Gasteiger partial charge is 0.333 e. The Hall–Kier alpha value is -2.07. The molecule has 4 N–H and O–H groups in total. The lowest BCUT2D eigenvalue weighted by molar-refractivity contribution is -0.292. The molecule has 0 unspecified atom stereocenters. The van der Waals surface area contributed by atoms with Crippen LogP contribution in [0, 0.1) is 56.2 Å². The molecule has 0 aromatic rings. The highest BCUT2D eigenvalue weighted by Crippen LogP contribution is 2.75. The minimum Gasteiger partial charge on any atom is -0.457 e. The molecular weight excluding hydrogens is 624 g/mol. The summed E-state index contributed by atoms with van der Waals surface area (Å²) in [5.41, 5.74) is -3.55. The third kappa shape index (κ3) is 5.02. The number of carbonyl (C=O) groups is 3. The van der Waals surface area contributed by atoms with Gasteiger partial charge in [-0.25, -0.2) is 4.79 Å². The van der Waals surface area contributed by atoms with Crippen molar-refractivity contribution in [1.29, 1.82) is 0 Å². The Morgan fingerprint density at radius 2 is 1.63 bits per heavy atom. The maximum Gasteiger partial charge on any atom is 0.333 e. The number of hydrogen-bond acceptors (Lipinski definition) is 9. The zero-order valence-electron chi connectivity index (χ0n) is 31.4. The van der Waals surface area contributed by atoms with Gasteiger partial charge in [-0.1, -0.05) is 73.1 Å². The van der Waals surface area contributed by atoms with Gasteiger partial charge in [0.2, 0.25) is 0 Å². The molecule has 0 saturated heterocycles. The van der Waals surface area contributed by atoms with Gasteiger partial charge in [0.15, 0.2) is 6.10 Å². The fourth-order valence-corrected chi connectivity index (χ4v) is 11.9. The first-order valence-electron chi connectivity index (χ1n) is 18.6. The van der Waals surface area contributed by atoms with E-state index in [9.17, 15) is 34.8 Å². The number of rotatable bonds is 7. The summed E-state index contributed by atoms with van der Waals surface area (Å²) in [6.45, 7) is 18.8. The highest BCUT2D eigenvalue weighted by Gasteiger charge is 2.76. The molecule has 0 aromatic heterocycles. The van der Waals surface area contributed by atoms with Gasteiger partial charge in [-0.15, -0.1) is 0 Å². The fraction of sp³-hybridized carbons (Fsp3) is 0.825. The molecule has 0 heterocycles. The summed E-state index contributed by atoms with van der Waals surface area (Å²) < 4.78 is 12.5. The zero-order valence-corrected chi connectivity index (χ0v) is 31.4. The predicted octanol–water partition coefficient (Wildman–Crippen LogP) is 5.32. The molecule has 9 nitrogen and oxygen atoms in total. The van der Waals surface area contributed by atoms with Crippen molar-refractivity contribution in [2.45, 2.75) is 145 Å². The zero-order chi connectivity index (χ0) is 36.7. The van der Waals surface area contributed by atoms with Gasteiger partial charge in [0.05, 0.1) is 41.7 Å². The first-order chi connectivity index (χ1) is 22.7. The standard InChI is InChI=1S/C40H62O9/c1-11-22(3)33(46)48-31-32(49-34(47)23(4)12-2)40(21-42)25(19-35(31,5)6)24-13-14-27-36(7)17-16-28(43)37(8,20-41)26(36)15-18-38(27,9)39(24,10)29(44)30(40)45/h11,13,20,23,25-32,42-45H,12,14-19,21H2,1-10H3/t23-,25+,26-,27-,28+,29+,30-,31+,32+,36+,37+,38-,39+,40+/m1/s1. The normalized spacial score (nSPS) is 48.0. The molecule has 14 atom stereocenters. The summed E-state index contributed by atoms with van der Waals surface area (Å²) in [4.78, 5) is 39.5. The molecule has 0 amide bonds. The Kier molecular flexibility index (Phi) is 9.78. The lowest BCUT2D eigenvalue weighted by atomic mass is 9.32. The van der Waals surface area contributed by atoms with Crippen LogP contribution in [0.5, 0.6) is 0 Å². The molecule has 5 aliphatic rings. The van der Waals surface area contributed by atoms with Crippen LogP contribution in [-0.2, 0) is 23.9 Å². The second-order valence-electron chi connectivity index (χ2n) is 18.1. The Labute approximate surface area is 292 Å². The number of aliphatic hydroxyl groups excluding tert-OH is 4. The number of allylic oxidation sites excluding steroid dienone is 2. The summed E-state index contributed by atoms with van der Waals surface area (Å²) in [5, 5.41) is 47.7. The first kappa shape index (κ1) is 38.2. The van der Waals surface area contributed by atoms with Crippen molar-refractivity contribution in [1.82, 2.24) is 0 Å². The minimum absolute atomic E-state index is 0.0332. The van der Waals surface area contributed by atoms with Gasteiger partial charge in [0, 0.05) is 16.4 Å². The van der Waals surface area contributed by atoms with Crippen molar-refractivity contribution in [3.8, 4) is 0 Å². The van der Waals surface area contributed by atoms with E-state index in [0.29, 0.717) is 44.1 Å². The highest BCUT2D eigenvalue weighted by atomic mass is 16.6. The van der Waals surface area contributed by atoms with Gasteiger partial charge in [-0.3, -0.25) is 4.79 Å². The largest absolute Gasteiger partial charge is 0.457 e. The summed E-state index contributed by atoms with van der Waals surface area (Å²) in [6, 6.07) is 0. The monoisotopic (exact) mass is 686 g/mol. The quantitative estimate of drug-likeness (QED) is 0.121. The van der Waals surface area contributed by atoms with Gasteiger partial charge in [0.25, 0.3) is 0 Å². The van der Waals surface area contributed by atoms with Crippen molar-refractivity contribution < 1.29 is 44.3 Å². The summed E-state index contributed by atoms with van der Waals surface area (Å²) in [7, 11) is 0. The highest BCUT2D eigenvalue weighted by molar-refractivity contribution is 5.87. The fourth-order valence-electron chi connectivity index (χ4n) is 11.9. The van der Waals surface area contributed by atoms with Crippen LogP contribution in [0.1, 0.15) is 114 Å².